The first-order valence-electron chi connectivity index (χ1n) is 8.33. The van der Waals surface area contributed by atoms with Gasteiger partial charge in [-0.3, -0.25) is 14.2 Å². The number of primary amides is 1. The number of halogens is 1. The molecule has 0 aliphatic heterocycles. The number of amides is 1. The van der Waals surface area contributed by atoms with Gasteiger partial charge in [0.1, 0.15) is 0 Å². The quantitative estimate of drug-likeness (QED) is 0.438. The fourth-order valence-electron chi connectivity index (χ4n) is 3.00. The molecule has 1 aromatic heterocycles. The van der Waals surface area contributed by atoms with Crippen LogP contribution in [-0.2, 0) is 11.3 Å². The maximum atomic E-state index is 13.0. The molecule has 3 rings (SSSR count). The molecule has 0 atom stereocenters. The van der Waals surface area contributed by atoms with Gasteiger partial charge in [-0.1, -0.05) is 39.3 Å². The molecule has 0 fully saturated rings. The summed E-state index contributed by atoms with van der Waals surface area (Å²) in [5, 5.41) is 1.13. The van der Waals surface area contributed by atoms with Gasteiger partial charge in [0, 0.05) is 11.0 Å². The molecule has 2 N–H and O–H groups in total. The van der Waals surface area contributed by atoms with E-state index in [-0.39, 0.29) is 11.3 Å². The molecule has 2 aromatic rings. The van der Waals surface area contributed by atoms with Gasteiger partial charge in [-0.05, 0) is 50.3 Å². The van der Waals surface area contributed by atoms with Crippen LogP contribution in [0.4, 0.5) is 0 Å². The Kier molecular flexibility index (Phi) is 5.96. The molecule has 0 radical (unpaired) electrons. The number of allylic oxidation sites excluding steroid dienone is 2. The lowest BCUT2D eigenvalue weighted by Crippen LogP contribution is -2.25. The van der Waals surface area contributed by atoms with Crippen LogP contribution >= 0.6 is 27.7 Å². The van der Waals surface area contributed by atoms with Crippen LogP contribution in [0.2, 0.25) is 0 Å². The number of carbonyl (C=O) groups is 1. The molecule has 1 heterocycles. The van der Waals surface area contributed by atoms with Crippen molar-refractivity contribution in [2.24, 2.45) is 5.73 Å². The number of fused-ring (bicyclic) bond motifs is 1. The largest absolute Gasteiger partial charge is 0.369 e. The van der Waals surface area contributed by atoms with E-state index in [2.05, 4.69) is 27.0 Å². The number of hydrogen-bond acceptors (Lipinski definition) is 4. The normalized spacial score (nSPS) is 14.5. The monoisotopic (exact) mass is 421 g/mol. The van der Waals surface area contributed by atoms with E-state index < -0.39 is 5.91 Å². The molecule has 1 amide bonds. The minimum absolute atomic E-state index is 0.0744. The molecule has 0 unspecified atom stereocenters. The summed E-state index contributed by atoms with van der Waals surface area (Å²) in [5.74, 6) is -0.311. The molecular weight excluding hydrogens is 402 g/mol. The van der Waals surface area contributed by atoms with Crippen LogP contribution in [0.5, 0.6) is 0 Å². The van der Waals surface area contributed by atoms with Gasteiger partial charge in [0.25, 0.3) is 5.56 Å². The van der Waals surface area contributed by atoms with E-state index in [0.29, 0.717) is 22.6 Å². The molecular formula is C18H20BrN3O2S. The molecule has 5 nitrogen and oxygen atoms in total. The zero-order valence-corrected chi connectivity index (χ0v) is 16.2. The summed E-state index contributed by atoms with van der Waals surface area (Å²) in [5.41, 5.74) is 7.22. The second-order valence-electron chi connectivity index (χ2n) is 6.13. The van der Waals surface area contributed by atoms with E-state index in [9.17, 15) is 9.59 Å². The molecule has 1 aliphatic carbocycles. The molecule has 1 aliphatic rings. The SMILES string of the molecule is NC(=O)CSc1nc2ccc(Br)cc2c(=O)n1CCC1=CCCCC1. The highest BCUT2D eigenvalue weighted by Crippen LogP contribution is 2.23. The van der Waals surface area contributed by atoms with E-state index >= 15 is 0 Å². The average Bonchev–Trinajstić information content (AvgIpc) is 2.61. The first-order valence-corrected chi connectivity index (χ1v) is 10.1. The highest BCUT2D eigenvalue weighted by Gasteiger charge is 2.14. The Bertz CT molecular complexity index is 892. The number of rotatable bonds is 6. The van der Waals surface area contributed by atoms with Crippen LogP contribution in [0.25, 0.3) is 10.9 Å². The Labute approximate surface area is 158 Å². The summed E-state index contributed by atoms with van der Waals surface area (Å²) in [6, 6.07) is 5.46. The van der Waals surface area contributed by atoms with E-state index in [4.69, 9.17) is 5.73 Å². The molecule has 132 valence electrons. The van der Waals surface area contributed by atoms with E-state index in [1.165, 1.54) is 30.2 Å². The standard InChI is InChI=1S/C18H20BrN3O2S/c19-13-6-7-15-14(10-13)17(24)22(18(21-15)25-11-16(20)23)9-8-12-4-2-1-3-5-12/h4,6-7,10H,1-3,5,8-9,11H2,(H2,20,23). The third kappa shape index (κ3) is 4.52. The Balaban J connectivity index is 1.97. The molecule has 7 heteroatoms. The molecule has 0 spiro atoms. The van der Waals surface area contributed by atoms with Crippen molar-refractivity contribution in [1.82, 2.24) is 9.55 Å². The molecule has 0 saturated carbocycles. The average molecular weight is 422 g/mol. The van der Waals surface area contributed by atoms with E-state index in [0.717, 1.165) is 23.7 Å². The Hall–Kier alpha value is -1.60. The summed E-state index contributed by atoms with van der Waals surface area (Å²) in [7, 11) is 0. The molecule has 0 bridgehead atoms. The number of thioether (sulfide) groups is 1. The highest BCUT2D eigenvalue weighted by molar-refractivity contribution is 9.10. The van der Waals surface area contributed by atoms with Crippen LogP contribution in [0.1, 0.15) is 32.1 Å². The lowest BCUT2D eigenvalue weighted by molar-refractivity contribution is -0.115. The third-order valence-electron chi connectivity index (χ3n) is 4.27. The molecule has 25 heavy (non-hydrogen) atoms. The Morgan fingerprint density at radius 3 is 2.92 bits per heavy atom. The number of nitrogens with two attached hydrogens (primary N) is 1. The topological polar surface area (TPSA) is 78.0 Å². The summed E-state index contributed by atoms with van der Waals surface area (Å²) in [6.45, 7) is 0.571. The zero-order valence-electron chi connectivity index (χ0n) is 13.8. The van der Waals surface area contributed by atoms with Gasteiger partial charge in [-0.15, -0.1) is 0 Å². The summed E-state index contributed by atoms with van der Waals surface area (Å²) in [4.78, 5) is 28.7. The van der Waals surface area contributed by atoms with Gasteiger partial charge in [0.05, 0.1) is 16.7 Å². The van der Waals surface area contributed by atoms with Gasteiger partial charge >= 0.3 is 0 Å². The van der Waals surface area contributed by atoms with Gasteiger partial charge in [0.2, 0.25) is 5.91 Å². The van der Waals surface area contributed by atoms with Crippen molar-refractivity contribution in [3.8, 4) is 0 Å². The summed E-state index contributed by atoms with van der Waals surface area (Å²) < 4.78 is 2.52. The van der Waals surface area contributed by atoms with Gasteiger partial charge in [-0.25, -0.2) is 4.98 Å². The summed E-state index contributed by atoms with van der Waals surface area (Å²) >= 11 is 4.63. The van der Waals surface area contributed by atoms with Crippen LogP contribution in [-0.4, -0.2) is 21.2 Å². The van der Waals surface area contributed by atoms with Crippen molar-refractivity contribution < 1.29 is 4.79 Å². The highest BCUT2D eigenvalue weighted by atomic mass is 79.9. The Morgan fingerprint density at radius 1 is 1.36 bits per heavy atom. The minimum Gasteiger partial charge on any atom is -0.369 e. The molecule has 1 aromatic carbocycles. The van der Waals surface area contributed by atoms with E-state index in [1.54, 1.807) is 10.6 Å². The predicted octanol–water partition coefficient (Wildman–Crippen LogP) is 3.63. The fraction of sp³-hybridized carbons (Fsp3) is 0.389. The summed E-state index contributed by atoms with van der Waals surface area (Å²) in [6.07, 6.45) is 7.81. The maximum absolute atomic E-state index is 13.0. The van der Waals surface area contributed by atoms with Crippen LogP contribution in [0.15, 0.2) is 44.3 Å². The van der Waals surface area contributed by atoms with Crippen LogP contribution in [0.3, 0.4) is 0 Å². The van der Waals surface area contributed by atoms with Gasteiger partial charge in [-0.2, -0.15) is 0 Å². The first kappa shape index (κ1) is 18.2. The van der Waals surface area contributed by atoms with Crippen molar-refractivity contribution in [1.29, 1.82) is 0 Å². The first-order chi connectivity index (χ1) is 12.0. The zero-order chi connectivity index (χ0) is 17.8. The van der Waals surface area contributed by atoms with Crippen LogP contribution in [0, 0.1) is 0 Å². The lowest BCUT2D eigenvalue weighted by Gasteiger charge is -2.16. The van der Waals surface area contributed by atoms with Crippen LogP contribution < -0.4 is 11.3 Å². The number of hydrogen-bond donors (Lipinski definition) is 1. The minimum atomic E-state index is -0.420. The van der Waals surface area contributed by atoms with Crippen molar-refractivity contribution in [3.63, 3.8) is 0 Å². The third-order valence-corrected chi connectivity index (χ3v) is 5.76. The van der Waals surface area contributed by atoms with E-state index in [1.807, 2.05) is 12.1 Å². The maximum Gasteiger partial charge on any atom is 0.262 e. The van der Waals surface area contributed by atoms with Gasteiger partial charge in [0.15, 0.2) is 5.16 Å². The lowest BCUT2D eigenvalue weighted by atomic mass is 9.97. The smallest absolute Gasteiger partial charge is 0.262 e. The number of benzene rings is 1. The molecule has 0 saturated heterocycles. The fourth-order valence-corrected chi connectivity index (χ4v) is 4.13. The number of nitrogens with zero attached hydrogens (tertiary/aromatic N) is 2. The van der Waals surface area contributed by atoms with Crippen molar-refractivity contribution in [3.05, 3.63) is 44.7 Å². The van der Waals surface area contributed by atoms with Crippen molar-refractivity contribution in [2.75, 3.05) is 5.75 Å². The Morgan fingerprint density at radius 2 is 2.20 bits per heavy atom. The second kappa shape index (κ2) is 8.19. The number of aromatic nitrogens is 2. The second-order valence-corrected chi connectivity index (χ2v) is 7.98. The number of carbonyl (C=O) groups excluding carboxylic acids is 1. The predicted molar refractivity (Wildman–Crippen MR) is 105 cm³/mol. The van der Waals surface area contributed by atoms with Crippen molar-refractivity contribution in [2.45, 2.75) is 43.8 Å². The van der Waals surface area contributed by atoms with Crippen molar-refractivity contribution >= 4 is 44.5 Å². The van der Waals surface area contributed by atoms with Gasteiger partial charge < -0.3 is 5.73 Å².